The van der Waals surface area contributed by atoms with Gasteiger partial charge >= 0.3 is 77.2 Å². The maximum Gasteiger partial charge on any atom is 0.476 e. The first-order chi connectivity index (χ1) is 27.8. The number of rotatable bonds is 21. The molecule has 0 aromatic rings. The van der Waals surface area contributed by atoms with Gasteiger partial charge in [-0.3, -0.25) is 9.47 Å². The number of halogens is 30. The highest BCUT2D eigenvalue weighted by molar-refractivity contribution is 8.00. The van der Waals surface area contributed by atoms with E-state index in [9.17, 15) is 142 Å². The van der Waals surface area contributed by atoms with Crippen molar-refractivity contribution in [3.05, 3.63) is 12.1 Å². The molecule has 64 heavy (non-hydrogen) atoms. The van der Waals surface area contributed by atoms with E-state index in [0.29, 0.717) is 0 Å². The van der Waals surface area contributed by atoms with Crippen molar-refractivity contribution in [1.29, 1.82) is 0 Å². The molecule has 0 amide bonds. The summed E-state index contributed by atoms with van der Waals surface area (Å²) in [6.07, 6.45) is -62.1. The highest BCUT2D eigenvalue weighted by Gasteiger charge is 2.78. The summed E-state index contributed by atoms with van der Waals surface area (Å²) < 4.78 is 376. The van der Waals surface area contributed by atoms with E-state index in [1.165, 1.54) is 0 Å². The molecule has 7 nitrogen and oxygen atoms in total. The van der Waals surface area contributed by atoms with E-state index in [2.05, 4.69) is 34.7 Å². The highest BCUT2D eigenvalue weighted by Crippen LogP contribution is 2.52. The molecule has 6 unspecified atom stereocenters. The van der Waals surface area contributed by atoms with Crippen molar-refractivity contribution in [2.45, 2.75) is 102 Å². The van der Waals surface area contributed by atoms with Crippen LogP contribution in [0.2, 0.25) is 0 Å². The Hall–Kier alpha value is -1.40. The molecule has 6 atom stereocenters. The average Bonchev–Trinajstić information content (AvgIpc) is 3.10. The maximum atomic E-state index is 13.5. The van der Waals surface area contributed by atoms with Gasteiger partial charge in [0.15, 0.2) is 0 Å². The Morgan fingerprint density at radius 2 is 0.656 bits per heavy atom. The summed E-state index contributed by atoms with van der Waals surface area (Å²) in [6, 6.07) is -3.52. The van der Waals surface area contributed by atoms with Crippen LogP contribution in [0.5, 0.6) is 0 Å². The Labute approximate surface area is 352 Å². The van der Waals surface area contributed by atoms with Gasteiger partial charge in [0.1, 0.15) is 0 Å². The fourth-order valence-electron chi connectivity index (χ4n) is 2.24. The zero-order chi connectivity index (χ0) is 52.5. The molecule has 0 rings (SSSR count). The van der Waals surface area contributed by atoms with Crippen LogP contribution in [0.1, 0.15) is 0 Å². The summed E-state index contributed by atoms with van der Waals surface area (Å²) in [5.41, 5.74) is 0. The molecule has 0 aromatic heterocycles. The topological polar surface area (TPSA) is 109 Å². The lowest BCUT2D eigenvalue weighted by Crippen LogP contribution is -2.55. The molecule has 0 aliphatic rings. The molecular weight excluding hydrogens is 1090 g/mol. The Kier molecular flexibility index (Phi) is 24.8. The van der Waals surface area contributed by atoms with Crippen LogP contribution >= 0.6 is 48.8 Å². The number of aliphatic hydroxyl groups excluding tert-OH is 4. The van der Waals surface area contributed by atoms with E-state index >= 15 is 0 Å². The summed E-state index contributed by atoms with van der Waals surface area (Å²) in [7, 11) is 0. The second-order valence-electron chi connectivity index (χ2n) is 10.7. The molecule has 0 aromatic carbocycles. The Morgan fingerprint density at radius 3 is 0.859 bits per heavy atom. The largest absolute Gasteiger partial charge is 0.476 e. The second kappa shape index (κ2) is 23.7. The first kappa shape index (κ1) is 66.9. The van der Waals surface area contributed by atoms with Crippen LogP contribution in [0.25, 0.3) is 0 Å². The molecular formula is C23H20F30O7S4. The van der Waals surface area contributed by atoms with Gasteiger partial charge in [0, 0.05) is 23.0 Å². The molecule has 0 radical (unpaired) electrons. The lowest BCUT2D eigenvalue weighted by molar-refractivity contribution is -0.446. The number of hydrogen-bond donors (Lipinski definition) is 6. The van der Waals surface area contributed by atoms with Gasteiger partial charge in [0.2, 0.25) is 0 Å². The quantitative estimate of drug-likeness (QED) is 0.0381. The SMILES string of the molecule is FC(F)=C(F)OC(F)(F)C(F)(F)C(F)(F)F.OC(CS)C(O)CS.OC(CSC(F)(F)C(F)OC(F)(F)C(F)(F)C(F)(F)F)C(O)CSC(F)(F)C(F)OC(F)(F)C(F)(F)C(F)(F)F. The van der Waals surface area contributed by atoms with Gasteiger partial charge < -0.3 is 25.2 Å². The third-order valence-corrected chi connectivity index (χ3v) is 8.62. The van der Waals surface area contributed by atoms with Crippen LogP contribution in [0.4, 0.5) is 132 Å². The molecule has 0 spiro atoms. The first-order valence-corrected chi connectivity index (χ1v) is 17.5. The zero-order valence-electron chi connectivity index (χ0n) is 28.9. The van der Waals surface area contributed by atoms with Gasteiger partial charge in [-0.2, -0.15) is 148 Å². The third-order valence-electron chi connectivity index (χ3n) is 5.72. The van der Waals surface area contributed by atoms with Crippen LogP contribution < -0.4 is 0 Å². The van der Waals surface area contributed by atoms with Crippen LogP contribution in [0, 0.1) is 0 Å². The monoisotopic (exact) mass is 1110 g/mol. The lowest BCUT2D eigenvalue weighted by atomic mass is 10.3. The van der Waals surface area contributed by atoms with Crippen molar-refractivity contribution in [1.82, 2.24) is 0 Å². The minimum atomic E-state index is -7.20. The molecule has 388 valence electrons. The van der Waals surface area contributed by atoms with Gasteiger partial charge in [0.25, 0.3) is 12.7 Å². The Balaban J connectivity index is -0.00000126. The summed E-state index contributed by atoms with van der Waals surface area (Å²) in [5, 5.41) is 25.1. The molecule has 0 heterocycles. The zero-order valence-corrected chi connectivity index (χ0v) is 32.3. The molecule has 41 heteroatoms. The van der Waals surface area contributed by atoms with E-state index in [1.807, 2.05) is 4.74 Å². The Morgan fingerprint density at radius 1 is 0.422 bits per heavy atom. The number of aliphatic hydroxyl groups is 4. The van der Waals surface area contributed by atoms with E-state index in [-0.39, 0.29) is 11.5 Å². The Bertz CT molecular complexity index is 1350. The minimum absolute atomic E-state index is 0.279. The van der Waals surface area contributed by atoms with Crippen molar-refractivity contribution in [2.75, 3.05) is 23.0 Å². The summed E-state index contributed by atoms with van der Waals surface area (Å²) in [5.74, 6) is -24.4. The molecule has 0 saturated heterocycles. The fourth-order valence-corrected chi connectivity index (χ4v) is 4.32. The minimum Gasteiger partial charge on any atom is -0.397 e. The third kappa shape index (κ3) is 18.6. The van der Waals surface area contributed by atoms with Crippen molar-refractivity contribution in [3.63, 3.8) is 0 Å². The predicted molar refractivity (Wildman–Crippen MR) is 158 cm³/mol. The van der Waals surface area contributed by atoms with Crippen LogP contribution in [-0.2, 0) is 14.2 Å². The van der Waals surface area contributed by atoms with E-state index in [4.69, 9.17) is 10.2 Å². The van der Waals surface area contributed by atoms with Crippen molar-refractivity contribution >= 4 is 48.8 Å². The van der Waals surface area contributed by atoms with Crippen molar-refractivity contribution in [3.8, 4) is 0 Å². The van der Waals surface area contributed by atoms with E-state index < -0.39 is 149 Å². The van der Waals surface area contributed by atoms with E-state index in [0.717, 1.165) is 0 Å². The average molecular weight is 1110 g/mol. The van der Waals surface area contributed by atoms with Gasteiger partial charge in [0.05, 0.1) is 24.4 Å². The highest BCUT2D eigenvalue weighted by atomic mass is 32.2. The van der Waals surface area contributed by atoms with Crippen molar-refractivity contribution in [2.24, 2.45) is 0 Å². The van der Waals surface area contributed by atoms with Crippen LogP contribution in [0.3, 0.4) is 0 Å². The summed E-state index contributed by atoms with van der Waals surface area (Å²) in [4.78, 5) is 0. The molecule has 0 aliphatic carbocycles. The lowest BCUT2D eigenvalue weighted by Gasteiger charge is -2.31. The van der Waals surface area contributed by atoms with Gasteiger partial charge in [-0.15, -0.1) is 0 Å². The fraction of sp³-hybridized carbons (Fsp3) is 0.913. The number of hydrogen-bond acceptors (Lipinski definition) is 11. The number of thiol groups is 2. The summed E-state index contributed by atoms with van der Waals surface area (Å²) in [6.45, 7) is 0. The maximum absolute atomic E-state index is 13.5. The van der Waals surface area contributed by atoms with E-state index in [1.54, 1.807) is 0 Å². The standard InChI is InChI=1S/C14H10F20O4S2.C5F10O.C4H10O2S2/c15-5(37-13(31,32)9(21,22)11(25,26)27)7(17,18)39-1-3(35)4(36)2-40-8(19,20)6(16)38-14(33,34)10(23,24)12(28,29)30;6-1(7)2(8)16-5(14,15)3(9,10)4(11,12)13;5-3(1-7)4(6)2-8/h3-6,35-36H,1-2H2;;3-8H,1-2H2. The van der Waals surface area contributed by atoms with Gasteiger partial charge in [-0.1, -0.05) is 23.5 Å². The molecule has 0 fully saturated rings. The molecule has 0 saturated carbocycles. The molecule has 0 bridgehead atoms. The smallest absolute Gasteiger partial charge is 0.397 e. The predicted octanol–water partition coefficient (Wildman–Crippen LogP) is 9.96. The van der Waals surface area contributed by atoms with Crippen molar-refractivity contribution < 1.29 is 166 Å². The molecule has 4 N–H and O–H groups in total. The normalized spacial score (nSPS) is 17.2. The number of ether oxygens (including phenoxy) is 3. The van der Waals surface area contributed by atoms with Gasteiger partial charge in [-0.05, 0) is 0 Å². The molecule has 0 aliphatic heterocycles. The number of alkyl halides is 27. The second-order valence-corrected chi connectivity index (χ2v) is 13.7. The number of thioether (sulfide) groups is 2. The first-order valence-electron chi connectivity index (χ1n) is 14.3. The summed E-state index contributed by atoms with van der Waals surface area (Å²) >= 11 is 4.62. The van der Waals surface area contributed by atoms with Crippen LogP contribution in [-0.4, -0.2) is 146 Å². The van der Waals surface area contributed by atoms with Crippen LogP contribution in [0.15, 0.2) is 12.1 Å². The van der Waals surface area contributed by atoms with Gasteiger partial charge in [-0.25, -0.2) is 8.78 Å².